The van der Waals surface area contributed by atoms with Gasteiger partial charge in [0.05, 0.1) is 24.4 Å². The van der Waals surface area contributed by atoms with Gasteiger partial charge in [-0.25, -0.2) is 0 Å². The lowest BCUT2D eigenvalue weighted by Crippen LogP contribution is -2.41. The van der Waals surface area contributed by atoms with E-state index in [9.17, 15) is 4.79 Å². The minimum atomic E-state index is -0.611. The van der Waals surface area contributed by atoms with Gasteiger partial charge in [0.1, 0.15) is 18.5 Å². The van der Waals surface area contributed by atoms with Gasteiger partial charge >= 0.3 is 13.1 Å². The number of benzene rings is 1. The van der Waals surface area contributed by atoms with E-state index in [2.05, 4.69) is 6.58 Å². The van der Waals surface area contributed by atoms with Crippen LogP contribution in [0.1, 0.15) is 52.7 Å². The summed E-state index contributed by atoms with van der Waals surface area (Å²) in [6.45, 7) is 13.9. The van der Waals surface area contributed by atoms with Crippen LogP contribution in [0, 0.1) is 0 Å². The van der Waals surface area contributed by atoms with Gasteiger partial charge in [0.25, 0.3) is 0 Å². The fraction of sp³-hybridized carbons (Fsp3) is 0.542. The van der Waals surface area contributed by atoms with Gasteiger partial charge in [0, 0.05) is 20.5 Å². The van der Waals surface area contributed by atoms with Crippen molar-refractivity contribution in [3.63, 3.8) is 0 Å². The van der Waals surface area contributed by atoms with Crippen LogP contribution >= 0.6 is 0 Å². The number of aliphatic hydroxyl groups is 1. The van der Waals surface area contributed by atoms with Crippen molar-refractivity contribution in [3.8, 4) is 5.75 Å². The van der Waals surface area contributed by atoms with Crippen LogP contribution in [-0.4, -0.2) is 56.3 Å². The van der Waals surface area contributed by atoms with E-state index in [1.807, 2.05) is 45.9 Å². The first-order valence-corrected chi connectivity index (χ1v) is 10.7. The Morgan fingerprint density at radius 2 is 1.91 bits per heavy atom. The molecule has 1 aromatic rings. The van der Waals surface area contributed by atoms with Gasteiger partial charge in [-0.2, -0.15) is 0 Å². The van der Waals surface area contributed by atoms with Crippen molar-refractivity contribution in [2.24, 2.45) is 0 Å². The second-order valence-corrected chi connectivity index (χ2v) is 8.76. The molecule has 0 aromatic heterocycles. The summed E-state index contributed by atoms with van der Waals surface area (Å²) in [7, 11) is 0.993. The molecule has 8 heteroatoms. The molecule has 0 bridgehead atoms. The molecule has 2 rings (SSSR count). The van der Waals surface area contributed by atoms with Gasteiger partial charge in [-0.15, -0.1) is 0 Å². The molecule has 1 saturated heterocycles. The van der Waals surface area contributed by atoms with Gasteiger partial charge in [-0.1, -0.05) is 24.8 Å². The van der Waals surface area contributed by atoms with Crippen LogP contribution in [0.5, 0.6) is 5.75 Å². The van der Waals surface area contributed by atoms with Crippen molar-refractivity contribution in [2.45, 2.75) is 58.3 Å². The molecule has 0 radical (unpaired) electrons. The first-order valence-electron chi connectivity index (χ1n) is 10.7. The molecule has 1 atom stereocenters. The highest BCUT2D eigenvalue weighted by Gasteiger charge is 2.52. The van der Waals surface area contributed by atoms with Crippen molar-refractivity contribution in [2.75, 3.05) is 26.9 Å². The molecule has 1 aliphatic heterocycles. The first kappa shape index (κ1) is 26.1. The molecule has 0 saturated carbocycles. The van der Waals surface area contributed by atoms with E-state index >= 15 is 0 Å². The van der Waals surface area contributed by atoms with E-state index in [1.165, 1.54) is 6.92 Å². The number of methoxy groups -OCH3 is 1. The second kappa shape index (κ2) is 11.1. The zero-order valence-electron chi connectivity index (χ0n) is 20.0. The summed E-state index contributed by atoms with van der Waals surface area (Å²) in [5.74, 6) is 0.200. The molecular weight excluding hydrogens is 411 g/mol. The molecule has 1 N–H and O–H groups in total. The predicted molar refractivity (Wildman–Crippen MR) is 123 cm³/mol. The van der Waals surface area contributed by atoms with Gasteiger partial charge in [0.2, 0.25) is 0 Å². The Balaban J connectivity index is 2.33. The molecule has 176 valence electrons. The van der Waals surface area contributed by atoms with Crippen molar-refractivity contribution in [3.05, 3.63) is 53.5 Å². The molecule has 1 aromatic carbocycles. The lowest BCUT2D eigenvalue weighted by atomic mass is 9.73. The number of hydrogen-bond donors (Lipinski definition) is 1. The van der Waals surface area contributed by atoms with E-state index in [0.717, 1.165) is 16.6 Å². The van der Waals surface area contributed by atoms with E-state index in [-0.39, 0.29) is 13.2 Å². The summed E-state index contributed by atoms with van der Waals surface area (Å²) in [5, 5.41) is 9.00. The average Bonchev–Trinajstić information content (AvgIpc) is 2.92. The van der Waals surface area contributed by atoms with E-state index in [4.69, 9.17) is 28.6 Å². The Morgan fingerprint density at radius 1 is 1.25 bits per heavy atom. The SMILES string of the molecule is C=C(COC)/C(=C/C[C@@H](OC(C)=O)c1cccc(OCCO)c1)B1OC(C)(C)C(C)(C)O1. The van der Waals surface area contributed by atoms with Crippen LogP contribution in [0.3, 0.4) is 0 Å². The number of carbonyl (C=O) groups excluding carboxylic acids is 1. The van der Waals surface area contributed by atoms with Crippen LogP contribution in [-0.2, 0) is 23.6 Å². The molecule has 1 heterocycles. The smallest absolute Gasteiger partial charge is 0.491 e. The predicted octanol–water partition coefficient (Wildman–Crippen LogP) is 3.81. The molecular formula is C24H35BO7. The Morgan fingerprint density at radius 3 is 2.47 bits per heavy atom. The van der Waals surface area contributed by atoms with Crippen LogP contribution in [0.25, 0.3) is 0 Å². The Hall–Kier alpha value is -2.13. The Bertz CT molecular complexity index is 815. The quantitative estimate of drug-likeness (QED) is 0.314. The van der Waals surface area contributed by atoms with Crippen LogP contribution in [0.4, 0.5) is 0 Å². The zero-order valence-corrected chi connectivity index (χ0v) is 20.0. The number of ether oxygens (including phenoxy) is 3. The highest BCUT2D eigenvalue weighted by Crippen LogP contribution is 2.40. The Labute approximate surface area is 191 Å². The number of hydrogen-bond acceptors (Lipinski definition) is 7. The molecule has 1 fully saturated rings. The van der Waals surface area contributed by atoms with Crippen LogP contribution < -0.4 is 4.74 Å². The maximum atomic E-state index is 11.8. The maximum Gasteiger partial charge on any atom is 0.494 e. The third kappa shape index (κ3) is 6.69. The van der Waals surface area contributed by atoms with Crippen molar-refractivity contribution < 1.29 is 33.4 Å². The second-order valence-electron chi connectivity index (χ2n) is 8.76. The summed E-state index contributed by atoms with van der Waals surface area (Å²) < 4.78 is 28.8. The molecule has 0 aliphatic carbocycles. The minimum Gasteiger partial charge on any atom is -0.491 e. The van der Waals surface area contributed by atoms with E-state index in [0.29, 0.717) is 18.8 Å². The molecule has 7 nitrogen and oxygen atoms in total. The highest BCUT2D eigenvalue weighted by molar-refractivity contribution is 6.56. The third-order valence-corrected chi connectivity index (χ3v) is 5.68. The molecule has 1 aliphatic rings. The Kier molecular flexibility index (Phi) is 9.10. The lowest BCUT2D eigenvalue weighted by molar-refractivity contribution is -0.146. The van der Waals surface area contributed by atoms with Gasteiger partial charge in [-0.05, 0) is 56.4 Å². The number of carbonyl (C=O) groups is 1. The summed E-state index contributed by atoms with van der Waals surface area (Å²) in [6.07, 6.45) is 1.77. The molecule has 0 spiro atoms. The number of esters is 1. The summed E-state index contributed by atoms with van der Waals surface area (Å²) in [4.78, 5) is 11.8. The van der Waals surface area contributed by atoms with E-state index < -0.39 is 30.4 Å². The summed E-state index contributed by atoms with van der Waals surface area (Å²) in [6, 6.07) is 7.28. The fourth-order valence-corrected chi connectivity index (χ4v) is 3.29. The van der Waals surface area contributed by atoms with Gasteiger partial charge < -0.3 is 28.6 Å². The third-order valence-electron chi connectivity index (χ3n) is 5.68. The topological polar surface area (TPSA) is 83.5 Å². The minimum absolute atomic E-state index is 0.0839. The van der Waals surface area contributed by atoms with E-state index in [1.54, 1.807) is 19.2 Å². The standard InChI is InChI=1S/C24H35BO7/c1-17(16-28-7)21(25-31-23(3,4)24(5,6)32-25)11-12-22(30-18(2)27)19-9-8-10-20(15-19)29-14-13-26/h8-11,15,22,26H,1,12-14,16H2,2-7H3/b21-11-/t22-/m1/s1. The normalized spacial score (nSPS) is 18.3. The maximum absolute atomic E-state index is 11.8. The van der Waals surface area contributed by atoms with Gasteiger partial charge in [0.15, 0.2) is 0 Å². The highest BCUT2D eigenvalue weighted by atomic mass is 16.7. The van der Waals surface area contributed by atoms with Crippen molar-refractivity contribution in [1.29, 1.82) is 0 Å². The van der Waals surface area contributed by atoms with Crippen LogP contribution in [0.15, 0.2) is 48.0 Å². The average molecular weight is 446 g/mol. The zero-order chi connectivity index (χ0) is 23.9. The van der Waals surface area contributed by atoms with Crippen molar-refractivity contribution in [1.82, 2.24) is 0 Å². The lowest BCUT2D eigenvalue weighted by Gasteiger charge is -2.32. The van der Waals surface area contributed by atoms with Crippen LogP contribution in [0.2, 0.25) is 0 Å². The van der Waals surface area contributed by atoms with Gasteiger partial charge in [-0.3, -0.25) is 4.79 Å². The fourth-order valence-electron chi connectivity index (χ4n) is 3.29. The largest absolute Gasteiger partial charge is 0.494 e. The monoisotopic (exact) mass is 446 g/mol. The summed E-state index contributed by atoms with van der Waals surface area (Å²) in [5.41, 5.74) is 1.26. The summed E-state index contributed by atoms with van der Waals surface area (Å²) >= 11 is 0. The van der Waals surface area contributed by atoms with Crippen molar-refractivity contribution >= 4 is 13.1 Å². The molecule has 0 unspecified atom stereocenters. The number of rotatable bonds is 11. The molecule has 0 amide bonds. The number of aliphatic hydroxyl groups excluding tert-OH is 1. The molecule has 32 heavy (non-hydrogen) atoms. The first-order chi connectivity index (χ1) is 15.0.